The Labute approximate surface area is 200 Å². The lowest BCUT2D eigenvalue weighted by molar-refractivity contribution is -0.137. The predicted octanol–water partition coefficient (Wildman–Crippen LogP) is 5.12. The number of anilines is 2. The first-order chi connectivity index (χ1) is 15.9. The smallest absolute Gasteiger partial charge is 0.303 e. The largest absolute Gasteiger partial charge is 0.481 e. The molecule has 0 fully saturated rings. The van der Waals surface area contributed by atoms with Gasteiger partial charge in [0.2, 0.25) is 0 Å². The molecule has 0 saturated heterocycles. The van der Waals surface area contributed by atoms with E-state index in [2.05, 4.69) is 31.9 Å². The van der Waals surface area contributed by atoms with E-state index >= 15 is 0 Å². The van der Waals surface area contributed by atoms with E-state index in [-0.39, 0.29) is 12.3 Å². The Balaban J connectivity index is 1.83. The normalized spacial score (nSPS) is 13.9. The van der Waals surface area contributed by atoms with E-state index < -0.39 is 5.97 Å². The minimum Gasteiger partial charge on any atom is -0.481 e. The molecule has 3 aromatic carbocycles. The van der Waals surface area contributed by atoms with Gasteiger partial charge in [-0.3, -0.25) is 9.59 Å². The van der Waals surface area contributed by atoms with Gasteiger partial charge in [-0.05, 0) is 60.5 Å². The van der Waals surface area contributed by atoms with Crippen molar-refractivity contribution in [2.24, 2.45) is 0 Å². The van der Waals surface area contributed by atoms with Crippen molar-refractivity contribution in [3.05, 3.63) is 93.5 Å². The number of carboxylic acids is 1. The highest BCUT2D eigenvalue weighted by molar-refractivity contribution is 9.10. The van der Waals surface area contributed by atoms with Crippen molar-refractivity contribution in [1.82, 2.24) is 5.32 Å². The summed E-state index contributed by atoms with van der Waals surface area (Å²) in [4.78, 5) is 24.2. The van der Waals surface area contributed by atoms with E-state index in [0.29, 0.717) is 17.7 Å². The number of hydrogen-bond donors (Lipinski definition) is 4. The number of halogens is 1. The Kier molecular flexibility index (Phi) is 6.91. The van der Waals surface area contributed by atoms with Crippen LogP contribution in [0.1, 0.15) is 28.7 Å². The highest BCUT2D eigenvalue weighted by Gasteiger charge is 2.28. The zero-order valence-electron chi connectivity index (χ0n) is 18.1. The number of hydrogen-bond acceptors (Lipinski definition) is 4. The number of rotatable bonds is 8. The molecule has 1 amide bonds. The van der Waals surface area contributed by atoms with Gasteiger partial charge in [0, 0.05) is 28.7 Å². The summed E-state index contributed by atoms with van der Waals surface area (Å²) in [5.74, 6) is -1.03. The first-order valence-corrected chi connectivity index (χ1v) is 11.4. The number of amides is 1. The van der Waals surface area contributed by atoms with Gasteiger partial charge in [0.15, 0.2) is 0 Å². The highest BCUT2D eigenvalue weighted by Crippen LogP contribution is 2.39. The second-order valence-electron chi connectivity index (χ2n) is 7.84. The first kappa shape index (κ1) is 22.8. The molecule has 0 bridgehead atoms. The quantitative estimate of drug-likeness (QED) is 0.319. The third-order valence-electron chi connectivity index (χ3n) is 5.40. The second-order valence-corrected chi connectivity index (χ2v) is 8.76. The molecule has 6 nitrogen and oxygen atoms in total. The second kappa shape index (κ2) is 10.0. The number of fused-ring (bicyclic) bond motifs is 1. The van der Waals surface area contributed by atoms with Gasteiger partial charge < -0.3 is 21.1 Å². The predicted molar refractivity (Wildman–Crippen MR) is 135 cm³/mol. The molecule has 0 atom stereocenters. The fourth-order valence-corrected chi connectivity index (χ4v) is 4.27. The molecular weight excluding hydrogens is 482 g/mol. The van der Waals surface area contributed by atoms with Crippen LogP contribution in [0.4, 0.5) is 11.4 Å². The van der Waals surface area contributed by atoms with Crippen LogP contribution in [0.2, 0.25) is 0 Å². The average Bonchev–Trinajstić information content (AvgIpc) is 3.11. The number of carboxylic acid groups (broad SMARTS) is 1. The van der Waals surface area contributed by atoms with Crippen molar-refractivity contribution in [3.63, 3.8) is 0 Å². The number of carbonyl (C=O) groups excluding carboxylic acids is 1. The molecule has 1 heterocycles. The number of aryl methyl sites for hydroxylation is 1. The molecule has 0 unspecified atom stereocenters. The topological polar surface area (TPSA) is 90.5 Å². The van der Waals surface area contributed by atoms with Gasteiger partial charge in [-0.1, -0.05) is 52.3 Å². The molecule has 0 spiro atoms. The summed E-state index contributed by atoms with van der Waals surface area (Å²) in [6.45, 7) is 0.726. The standard InChI is InChI=1S/C26H24BrN3O3/c1-28-15-17-5-3-7-20(13-17)29-25(18-6-2-4-16(12-18)8-11-23(31)32)24-21-10-9-19(27)14-22(21)30-26(24)33/h2-7,9-10,12-14,28-29H,8,11,15H2,1H3,(H,30,33)(H,31,32)/b25-24-. The Morgan fingerprint density at radius 1 is 1.03 bits per heavy atom. The van der Waals surface area contributed by atoms with Gasteiger partial charge >= 0.3 is 5.97 Å². The van der Waals surface area contributed by atoms with E-state index in [1.165, 1.54) is 0 Å². The van der Waals surface area contributed by atoms with Crippen LogP contribution in [0.5, 0.6) is 0 Å². The van der Waals surface area contributed by atoms with Crippen LogP contribution in [-0.2, 0) is 22.6 Å². The Hall–Kier alpha value is -3.42. The summed E-state index contributed by atoms with van der Waals surface area (Å²) in [5.41, 5.74) is 6.47. The van der Waals surface area contributed by atoms with Crippen LogP contribution in [0.3, 0.4) is 0 Å². The van der Waals surface area contributed by atoms with Crippen LogP contribution in [-0.4, -0.2) is 24.0 Å². The zero-order valence-corrected chi connectivity index (χ0v) is 19.7. The lowest BCUT2D eigenvalue weighted by Gasteiger charge is -2.16. The minimum atomic E-state index is -0.840. The third kappa shape index (κ3) is 5.32. The maximum absolute atomic E-state index is 13.1. The molecule has 1 aliphatic heterocycles. The Morgan fingerprint density at radius 3 is 2.61 bits per heavy atom. The summed E-state index contributed by atoms with van der Waals surface area (Å²) in [6.07, 6.45) is 0.464. The molecule has 0 radical (unpaired) electrons. The third-order valence-corrected chi connectivity index (χ3v) is 5.89. The maximum Gasteiger partial charge on any atom is 0.303 e. The monoisotopic (exact) mass is 505 g/mol. The van der Waals surface area contributed by atoms with E-state index in [4.69, 9.17) is 5.11 Å². The molecule has 0 aromatic heterocycles. The van der Waals surface area contributed by atoms with E-state index in [1.807, 2.05) is 73.8 Å². The first-order valence-electron chi connectivity index (χ1n) is 10.6. The highest BCUT2D eigenvalue weighted by atomic mass is 79.9. The number of carbonyl (C=O) groups is 2. The van der Waals surface area contributed by atoms with Crippen molar-refractivity contribution in [1.29, 1.82) is 0 Å². The minimum absolute atomic E-state index is 0.0478. The van der Waals surface area contributed by atoms with Gasteiger partial charge in [-0.25, -0.2) is 0 Å². The molecule has 0 saturated carbocycles. The van der Waals surface area contributed by atoms with E-state index in [9.17, 15) is 9.59 Å². The molecule has 7 heteroatoms. The van der Waals surface area contributed by atoms with Crippen LogP contribution in [0, 0.1) is 0 Å². The van der Waals surface area contributed by atoms with Gasteiger partial charge in [0.1, 0.15) is 0 Å². The molecule has 168 valence electrons. The summed E-state index contributed by atoms with van der Waals surface area (Å²) in [7, 11) is 1.90. The molecule has 1 aliphatic rings. The van der Waals surface area contributed by atoms with Gasteiger partial charge in [0.25, 0.3) is 5.91 Å². The van der Waals surface area contributed by atoms with Crippen LogP contribution in [0.15, 0.2) is 71.2 Å². The van der Waals surface area contributed by atoms with Crippen LogP contribution < -0.4 is 16.0 Å². The fraction of sp³-hybridized carbons (Fsp3) is 0.154. The zero-order chi connectivity index (χ0) is 23.4. The lowest BCUT2D eigenvalue weighted by atomic mass is 9.97. The van der Waals surface area contributed by atoms with E-state index in [1.54, 1.807) is 0 Å². The van der Waals surface area contributed by atoms with Crippen molar-refractivity contribution in [3.8, 4) is 0 Å². The SMILES string of the molecule is CNCc1cccc(N/C(=C2\C(=O)Nc3cc(Br)ccc32)c2cccc(CCC(=O)O)c2)c1. The van der Waals surface area contributed by atoms with Crippen LogP contribution in [0.25, 0.3) is 11.3 Å². The molecule has 3 aromatic rings. The summed E-state index contributed by atoms with van der Waals surface area (Å²) < 4.78 is 0.882. The lowest BCUT2D eigenvalue weighted by Crippen LogP contribution is -2.11. The Bertz CT molecular complexity index is 1250. The van der Waals surface area contributed by atoms with Gasteiger partial charge in [-0.2, -0.15) is 0 Å². The number of aliphatic carboxylic acids is 1. The number of nitrogens with one attached hydrogen (secondary N) is 3. The average molecular weight is 506 g/mol. The maximum atomic E-state index is 13.1. The van der Waals surface area contributed by atoms with Crippen LogP contribution >= 0.6 is 15.9 Å². The van der Waals surface area contributed by atoms with Crippen molar-refractivity contribution < 1.29 is 14.7 Å². The summed E-state index contributed by atoms with van der Waals surface area (Å²) >= 11 is 3.46. The molecule has 33 heavy (non-hydrogen) atoms. The van der Waals surface area contributed by atoms with E-state index in [0.717, 1.165) is 44.6 Å². The molecule has 4 rings (SSSR count). The fourth-order valence-electron chi connectivity index (χ4n) is 3.91. The number of benzene rings is 3. The molecule has 4 N–H and O–H groups in total. The van der Waals surface area contributed by atoms with Crippen molar-refractivity contribution >= 4 is 50.5 Å². The van der Waals surface area contributed by atoms with Gasteiger partial charge in [0.05, 0.1) is 17.0 Å². The van der Waals surface area contributed by atoms with Gasteiger partial charge in [-0.15, -0.1) is 0 Å². The van der Waals surface area contributed by atoms with Crippen molar-refractivity contribution in [2.75, 3.05) is 17.7 Å². The summed E-state index contributed by atoms with van der Waals surface area (Å²) in [6, 6.07) is 21.4. The molecular formula is C26H24BrN3O3. The van der Waals surface area contributed by atoms with Crippen molar-refractivity contribution in [2.45, 2.75) is 19.4 Å². The molecule has 0 aliphatic carbocycles. The Morgan fingerprint density at radius 2 is 1.82 bits per heavy atom. The summed E-state index contributed by atoms with van der Waals surface area (Å²) in [5, 5.41) is 18.7.